The molecule has 1 aromatic carbocycles. The van der Waals surface area contributed by atoms with Gasteiger partial charge in [-0.3, -0.25) is 4.79 Å². The van der Waals surface area contributed by atoms with Gasteiger partial charge in [0.05, 0.1) is 13.2 Å². The van der Waals surface area contributed by atoms with Crippen molar-refractivity contribution >= 4 is 11.9 Å². The highest BCUT2D eigenvalue weighted by Crippen LogP contribution is 2.22. The number of carboxylic acid groups (broad SMARTS) is 1. The summed E-state index contributed by atoms with van der Waals surface area (Å²) in [6.45, 7) is 0.330. The largest absolute Gasteiger partial charge is 0.508 e. The lowest BCUT2D eigenvalue weighted by Crippen LogP contribution is -2.48. The smallest absolute Gasteiger partial charge is 0.334 e. The van der Waals surface area contributed by atoms with Gasteiger partial charge in [0, 0.05) is 18.2 Å². The summed E-state index contributed by atoms with van der Waals surface area (Å²) in [5, 5.41) is 27.5. The minimum Gasteiger partial charge on any atom is -0.508 e. The number of aliphatic carboxylic acids is 1. The van der Waals surface area contributed by atoms with Crippen LogP contribution >= 0.6 is 0 Å². The van der Waals surface area contributed by atoms with Crippen LogP contribution < -0.4 is 0 Å². The molecular formula is C12H13NO6. The summed E-state index contributed by atoms with van der Waals surface area (Å²) in [7, 11) is 0. The van der Waals surface area contributed by atoms with Gasteiger partial charge < -0.3 is 25.0 Å². The van der Waals surface area contributed by atoms with Gasteiger partial charge in [-0.05, 0) is 12.1 Å². The van der Waals surface area contributed by atoms with Gasteiger partial charge in [0.15, 0.2) is 6.10 Å². The Hall–Kier alpha value is -2.28. The molecule has 1 aliphatic rings. The molecule has 1 aromatic rings. The average Bonchev–Trinajstić information content (AvgIpc) is 2.37. The van der Waals surface area contributed by atoms with Gasteiger partial charge in [-0.1, -0.05) is 0 Å². The number of phenolic OH excluding ortho intramolecular Hbond substituents is 2. The maximum absolute atomic E-state index is 12.1. The number of morpholine rings is 1. The molecule has 0 saturated carbocycles. The van der Waals surface area contributed by atoms with E-state index in [4.69, 9.17) is 9.84 Å². The number of rotatable bonds is 2. The van der Waals surface area contributed by atoms with Gasteiger partial charge in [-0.2, -0.15) is 0 Å². The lowest BCUT2D eigenvalue weighted by molar-refractivity contribution is -0.154. The van der Waals surface area contributed by atoms with Gasteiger partial charge >= 0.3 is 5.97 Å². The Morgan fingerprint density at radius 3 is 2.42 bits per heavy atom. The van der Waals surface area contributed by atoms with E-state index in [9.17, 15) is 19.8 Å². The second kappa shape index (κ2) is 5.15. The van der Waals surface area contributed by atoms with Gasteiger partial charge in [0.2, 0.25) is 0 Å². The van der Waals surface area contributed by atoms with Crippen molar-refractivity contribution in [1.82, 2.24) is 4.90 Å². The first-order valence-corrected chi connectivity index (χ1v) is 5.64. The standard InChI is InChI=1S/C12H13NO6/c14-8-3-7(4-9(15)5-8)11(16)13-1-2-19-10(6-13)12(17)18/h3-5,10,14-15H,1-2,6H2,(H,17,18). The quantitative estimate of drug-likeness (QED) is 0.697. The Labute approximate surface area is 108 Å². The number of carbonyl (C=O) groups excluding carboxylic acids is 1. The fourth-order valence-corrected chi connectivity index (χ4v) is 1.88. The van der Waals surface area contributed by atoms with Crippen molar-refractivity contribution in [2.24, 2.45) is 0 Å². The molecule has 0 radical (unpaired) electrons. The van der Waals surface area contributed by atoms with E-state index in [0.717, 1.165) is 6.07 Å². The second-order valence-electron chi connectivity index (χ2n) is 4.19. The summed E-state index contributed by atoms with van der Waals surface area (Å²) in [5.41, 5.74) is 0.100. The minimum atomic E-state index is -1.13. The van der Waals surface area contributed by atoms with E-state index in [0.29, 0.717) is 0 Å². The Kier molecular flexibility index (Phi) is 3.57. The van der Waals surface area contributed by atoms with E-state index in [1.807, 2.05) is 0 Å². The van der Waals surface area contributed by atoms with Gasteiger partial charge in [-0.25, -0.2) is 4.79 Å². The van der Waals surface area contributed by atoms with Gasteiger partial charge in [-0.15, -0.1) is 0 Å². The van der Waals surface area contributed by atoms with Crippen LogP contribution in [-0.4, -0.2) is 57.9 Å². The van der Waals surface area contributed by atoms with Crippen molar-refractivity contribution in [1.29, 1.82) is 0 Å². The molecule has 19 heavy (non-hydrogen) atoms. The highest BCUT2D eigenvalue weighted by Gasteiger charge is 2.29. The van der Waals surface area contributed by atoms with Crippen LogP contribution in [0.4, 0.5) is 0 Å². The Bertz CT molecular complexity index is 495. The number of phenols is 2. The third-order valence-corrected chi connectivity index (χ3v) is 2.78. The van der Waals surface area contributed by atoms with Crippen molar-refractivity contribution in [3.05, 3.63) is 23.8 Å². The number of hydrogen-bond acceptors (Lipinski definition) is 5. The second-order valence-corrected chi connectivity index (χ2v) is 4.19. The molecule has 0 aliphatic carbocycles. The summed E-state index contributed by atoms with van der Waals surface area (Å²) < 4.78 is 5.01. The summed E-state index contributed by atoms with van der Waals surface area (Å²) in [6.07, 6.45) is -1.05. The molecule has 2 rings (SSSR count). The molecule has 7 nitrogen and oxygen atoms in total. The van der Waals surface area contributed by atoms with E-state index in [1.165, 1.54) is 17.0 Å². The van der Waals surface area contributed by atoms with Crippen molar-refractivity contribution in [3.8, 4) is 11.5 Å². The first-order chi connectivity index (χ1) is 8.97. The maximum atomic E-state index is 12.1. The molecule has 102 valence electrons. The number of carbonyl (C=O) groups is 2. The zero-order valence-electron chi connectivity index (χ0n) is 9.94. The molecule has 1 atom stereocenters. The van der Waals surface area contributed by atoms with Crippen molar-refractivity contribution in [2.75, 3.05) is 19.7 Å². The predicted molar refractivity (Wildman–Crippen MR) is 63.1 cm³/mol. The minimum absolute atomic E-state index is 0.0649. The number of nitrogens with zero attached hydrogens (tertiary/aromatic N) is 1. The average molecular weight is 267 g/mol. The van der Waals surface area contributed by atoms with Crippen LogP contribution in [0.5, 0.6) is 11.5 Å². The summed E-state index contributed by atoms with van der Waals surface area (Å²) >= 11 is 0. The molecule has 0 bridgehead atoms. The molecule has 0 aromatic heterocycles. The number of aromatic hydroxyl groups is 2. The van der Waals surface area contributed by atoms with Crippen LogP contribution in [0, 0.1) is 0 Å². The van der Waals surface area contributed by atoms with Crippen LogP contribution in [0.2, 0.25) is 0 Å². The first kappa shape index (κ1) is 13.2. The molecule has 1 aliphatic heterocycles. The Balaban J connectivity index is 2.16. The summed E-state index contributed by atoms with van der Waals surface area (Å²) in [6, 6.07) is 3.54. The molecule has 7 heteroatoms. The predicted octanol–water partition coefficient (Wildman–Crippen LogP) is 0.0234. The van der Waals surface area contributed by atoms with Crippen molar-refractivity contribution in [2.45, 2.75) is 6.10 Å². The molecule has 1 fully saturated rings. The zero-order chi connectivity index (χ0) is 14.0. The summed E-state index contributed by atoms with van der Waals surface area (Å²) in [5.74, 6) is -2.05. The number of hydrogen-bond donors (Lipinski definition) is 3. The lowest BCUT2D eigenvalue weighted by Gasteiger charge is -2.30. The number of amides is 1. The van der Waals surface area contributed by atoms with Crippen molar-refractivity contribution in [3.63, 3.8) is 0 Å². The normalized spacial score (nSPS) is 19.2. The van der Waals surface area contributed by atoms with Crippen LogP contribution in [0.25, 0.3) is 0 Å². The van der Waals surface area contributed by atoms with Crippen LogP contribution in [0.1, 0.15) is 10.4 Å². The van der Waals surface area contributed by atoms with Crippen LogP contribution in [0.3, 0.4) is 0 Å². The molecule has 3 N–H and O–H groups in total. The van der Waals surface area contributed by atoms with E-state index < -0.39 is 18.0 Å². The monoisotopic (exact) mass is 267 g/mol. The van der Waals surface area contributed by atoms with E-state index in [2.05, 4.69) is 0 Å². The van der Waals surface area contributed by atoms with E-state index >= 15 is 0 Å². The summed E-state index contributed by atoms with van der Waals surface area (Å²) in [4.78, 5) is 24.3. The highest BCUT2D eigenvalue weighted by atomic mass is 16.5. The van der Waals surface area contributed by atoms with Crippen LogP contribution in [0.15, 0.2) is 18.2 Å². The number of ether oxygens (including phenoxy) is 1. The molecule has 1 amide bonds. The lowest BCUT2D eigenvalue weighted by atomic mass is 10.1. The third kappa shape index (κ3) is 2.94. The number of benzene rings is 1. The molecular weight excluding hydrogens is 254 g/mol. The zero-order valence-corrected chi connectivity index (χ0v) is 9.94. The SMILES string of the molecule is O=C(O)C1CN(C(=O)c2cc(O)cc(O)c2)CCO1. The van der Waals surface area contributed by atoms with Gasteiger partial charge in [0.25, 0.3) is 5.91 Å². The molecule has 1 heterocycles. The highest BCUT2D eigenvalue weighted by molar-refractivity contribution is 5.95. The Morgan fingerprint density at radius 1 is 1.21 bits per heavy atom. The Morgan fingerprint density at radius 2 is 1.84 bits per heavy atom. The van der Waals surface area contributed by atoms with E-state index in [1.54, 1.807) is 0 Å². The maximum Gasteiger partial charge on any atom is 0.334 e. The van der Waals surface area contributed by atoms with Gasteiger partial charge in [0.1, 0.15) is 11.5 Å². The molecule has 1 unspecified atom stereocenters. The topological polar surface area (TPSA) is 107 Å². The fraction of sp³-hybridized carbons (Fsp3) is 0.333. The van der Waals surface area contributed by atoms with Crippen LogP contribution in [-0.2, 0) is 9.53 Å². The first-order valence-electron chi connectivity index (χ1n) is 5.64. The van der Waals surface area contributed by atoms with Crippen molar-refractivity contribution < 1.29 is 29.6 Å². The number of carboxylic acids is 1. The third-order valence-electron chi connectivity index (χ3n) is 2.78. The van der Waals surface area contributed by atoms with E-state index in [-0.39, 0.29) is 36.8 Å². The fourth-order valence-electron chi connectivity index (χ4n) is 1.88. The molecule has 0 spiro atoms. The molecule has 1 saturated heterocycles.